The van der Waals surface area contributed by atoms with E-state index >= 15 is 0 Å². The van der Waals surface area contributed by atoms with E-state index in [9.17, 15) is 4.79 Å². The largest absolute Gasteiger partial charge is 0.488 e. The van der Waals surface area contributed by atoms with E-state index in [4.69, 9.17) is 32.7 Å². The van der Waals surface area contributed by atoms with Crippen molar-refractivity contribution in [3.63, 3.8) is 0 Å². The molecular formula is C23H14BrCl2NO3. The first-order valence-electron chi connectivity index (χ1n) is 8.94. The molecule has 30 heavy (non-hydrogen) atoms. The Bertz CT molecular complexity index is 1190. The summed E-state index contributed by atoms with van der Waals surface area (Å²) >= 11 is 15.4. The Kier molecular flexibility index (Phi) is 6.23. The van der Waals surface area contributed by atoms with Gasteiger partial charge in [0.15, 0.2) is 5.70 Å². The number of benzene rings is 3. The number of carbonyl (C=O) groups excluding carboxylic acids is 1. The molecule has 1 aliphatic rings. The maximum absolute atomic E-state index is 12.3. The third-order valence-corrected chi connectivity index (χ3v) is 5.51. The van der Waals surface area contributed by atoms with Crippen LogP contribution in [0, 0.1) is 0 Å². The molecule has 0 spiro atoms. The van der Waals surface area contributed by atoms with E-state index in [1.165, 1.54) is 0 Å². The molecule has 0 aliphatic carbocycles. The van der Waals surface area contributed by atoms with Crippen LogP contribution in [0.2, 0.25) is 10.0 Å². The molecule has 150 valence electrons. The van der Waals surface area contributed by atoms with Crippen LogP contribution in [0.3, 0.4) is 0 Å². The molecule has 1 aliphatic heterocycles. The van der Waals surface area contributed by atoms with E-state index in [-0.39, 0.29) is 11.6 Å². The third-order valence-electron chi connectivity index (χ3n) is 4.28. The van der Waals surface area contributed by atoms with Crippen molar-refractivity contribution >= 4 is 57.1 Å². The van der Waals surface area contributed by atoms with Gasteiger partial charge in [-0.15, -0.1) is 0 Å². The Morgan fingerprint density at radius 2 is 1.83 bits per heavy atom. The van der Waals surface area contributed by atoms with Gasteiger partial charge in [0.05, 0.1) is 10.0 Å². The molecule has 4 nitrogen and oxygen atoms in total. The predicted molar refractivity (Wildman–Crippen MR) is 122 cm³/mol. The zero-order valence-corrected chi connectivity index (χ0v) is 18.5. The van der Waals surface area contributed by atoms with Gasteiger partial charge < -0.3 is 9.47 Å². The van der Waals surface area contributed by atoms with Crippen LogP contribution in [0.4, 0.5) is 0 Å². The second-order valence-corrected chi connectivity index (χ2v) is 8.15. The highest BCUT2D eigenvalue weighted by Crippen LogP contribution is 2.28. The fourth-order valence-corrected chi connectivity index (χ4v) is 3.57. The highest BCUT2D eigenvalue weighted by atomic mass is 79.9. The van der Waals surface area contributed by atoms with Crippen molar-refractivity contribution in [3.8, 4) is 5.75 Å². The highest BCUT2D eigenvalue weighted by molar-refractivity contribution is 9.10. The van der Waals surface area contributed by atoms with E-state index in [1.54, 1.807) is 24.3 Å². The number of rotatable bonds is 5. The Labute approximate surface area is 191 Å². The molecule has 0 N–H and O–H groups in total. The summed E-state index contributed by atoms with van der Waals surface area (Å²) in [5.41, 5.74) is 2.49. The van der Waals surface area contributed by atoms with Gasteiger partial charge in [-0.1, -0.05) is 69.5 Å². The molecule has 0 radical (unpaired) electrons. The van der Waals surface area contributed by atoms with Gasteiger partial charge in [-0.2, -0.15) is 0 Å². The Hall–Kier alpha value is -2.60. The summed E-state index contributed by atoms with van der Waals surface area (Å²) in [5, 5.41) is 0.772. The lowest BCUT2D eigenvalue weighted by molar-refractivity contribution is -0.129. The van der Waals surface area contributed by atoms with Crippen LogP contribution in [0.5, 0.6) is 5.75 Å². The number of halogens is 3. The zero-order chi connectivity index (χ0) is 21.1. The Morgan fingerprint density at radius 3 is 2.63 bits per heavy atom. The van der Waals surface area contributed by atoms with Crippen LogP contribution in [-0.2, 0) is 16.1 Å². The van der Waals surface area contributed by atoms with Crippen molar-refractivity contribution in [1.29, 1.82) is 0 Å². The van der Waals surface area contributed by atoms with Gasteiger partial charge in [0.1, 0.15) is 12.4 Å². The van der Waals surface area contributed by atoms with Crippen LogP contribution >= 0.6 is 39.1 Å². The van der Waals surface area contributed by atoms with Gasteiger partial charge >= 0.3 is 5.97 Å². The minimum Gasteiger partial charge on any atom is -0.488 e. The van der Waals surface area contributed by atoms with E-state index in [0.717, 1.165) is 15.6 Å². The molecule has 0 unspecified atom stereocenters. The normalized spacial score (nSPS) is 14.6. The number of carbonyl (C=O) groups is 1. The SMILES string of the molecule is O=C1OC(c2ccc(Cl)c(Cl)c2)=N/C1=C\c1ccccc1OCc1cccc(Br)c1. The van der Waals surface area contributed by atoms with Gasteiger partial charge in [-0.05, 0) is 48.0 Å². The summed E-state index contributed by atoms with van der Waals surface area (Å²) in [7, 11) is 0. The lowest BCUT2D eigenvalue weighted by atomic mass is 10.1. The number of ether oxygens (including phenoxy) is 2. The number of esters is 1. The summed E-state index contributed by atoms with van der Waals surface area (Å²) in [4.78, 5) is 16.7. The second kappa shape index (κ2) is 9.04. The van der Waals surface area contributed by atoms with Crippen molar-refractivity contribution in [2.75, 3.05) is 0 Å². The molecule has 0 fully saturated rings. The number of nitrogens with zero attached hydrogens (tertiary/aromatic N) is 1. The number of hydrogen-bond donors (Lipinski definition) is 0. The maximum Gasteiger partial charge on any atom is 0.363 e. The van der Waals surface area contributed by atoms with Crippen LogP contribution < -0.4 is 4.74 Å². The highest BCUT2D eigenvalue weighted by Gasteiger charge is 2.25. The van der Waals surface area contributed by atoms with Crippen molar-refractivity contribution in [3.05, 3.63) is 104 Å². The third kappa shape index (κ3) is 4.75. The smallest absolute Gasteiger partial charge is 0.363 e. The minimum atomic E-state index is -0.544. The molecule has 0 amide bonds. The van der Waals surface area contributed by atoms with Gasteiger partial charge in [-0.3, -0.25) is 0 Å². The van der Waals surface area contributed by atoms with Crippen LogP contribution in [0.25, 0.3) is 6.08 Å². The second-order valence-electron chi connectivity index (χ2n) is 6.42. The predicted octanol–water partition coefficient (Wildman–Crippen LogP) is 6.68. The summed E-state index contributed by atoms with van der Waals surface area (Å²) in [5.74, 6) is 0.270. The fraction of sp³-hybridized carbons (Fsp3) is 0.0435. The van der Waals surface area contributed by atoms with Crippen molar-refractivity contribution in [2.24, 2.45) is 4.99 Å². The van der Waals surface area contributed by atoms with E-state index in [1.807, 2.05) is 48.5 Å². The zero-order valence-electron chi connectivity index (χ0n) is 15.4. The Morgan fingerprint density at radius 1 is 1.00 bits per heavy atom. The van der Waals surface area contributed by atoms with Gasteiger partial charge in [0, 0.05) is 15.6 Å². The molecular weight excluding hydrogens is 489 g/mol. The number of para-hydroxylation sites is 1. The number of cyclic esters (lactones) is 1. The average Bonchev–Trinajstić information content (AvgIpc) is 3.10. The van der Waals surface area contributed by atoms with Crippen LogP contribution in [0.15, 0.2) is 81.9 Å². The molecule has 3 aromatic rings. The first-order chi connectivity index (χ1) is 14.5. The molecule has 3 aromatic carbocycles. The van der Waals surface area contributed by atoms with Crippen molar-refractivity contribution in [2.45, 2.75) is 6.61 Å². The lowest BCUT2D eigenvalue weighted by Gasteiger charge is -2.09. The molecule has 0 bridgehead atoms. The molecule has 0 aromatic heterocycles. The monoisotopic (exact) mass is 501 g/mol. The first kappa shape index (κ1) is 20.7. The average molecular weight is 503 g/mol. The van der Waals surface area contributed by atoms with Crippen molar-refractivity contribution in [1.82, 2.24) is 0 Å². The molecule has 4 rings (SSSR count). The molecule has 0 atom stereocenters. The van der Waals surface area contributed by atoms with E-state index in [2.05, 4.69) is 20.9 Å². The van der Waals surface area contributed by atoms with E-state index < -0.39 is 5.97 Å². The quantitative estimate of drug-likeness (QED) is 0.289. The first-order valence-corrected chi connectivity index (χ1v) is 10.5. The summed E-state index contributed by atoms with van der Waals surface area (Å²) < 4.78 is 12.3. The summed E-state index contributed by atoms with van der Waals surface area (Å²) in [6.07, 6.45) is 1.64. The summed E-state index contributed by atoms with van der Waals surface area (Å²) in [6.45, 7) is 0.391. The summed E-state index contributed by atoms with van der Waals surface area (Å²) in [6, 6.07) is 20.2. The fourth-order valence-electron chi connectivity index (χ4n) is 2.83. The maximum atomic E-state index is 12.3. The van der Waals surface area contributed by atoms with Crippen LogP contribution in [-0.4, -0.2) is 11.9 Å². The standard InChI is InChI=1S/C23H14BrCl2NO3/c24-17-6-3-4-14(10-17)13-29-21-7-2-1-5-15(21)12-20-23(28)30-22(27-20)16-8-9-18(25)19(26)11-16/h1-12H,13H2/b20-12-. The lowest BCUT2D eigenvalue weighted by Crippen LogP contribution is -2.05. The topological polar surface area (TPSA) is 47.9 Å². The van der Waals surface area contributed by atoms with Gasteiger partial charge in [0.25, 0.3) is 0 Å². The molecule has 1 heterocycles. The minimum absolute atomic E-state index is 0.176. The Balaban J connectivity index is 1.59. The van der Waals surface area contributed by atoms with Crippen LogP contribution in [0.1, 0.15) is 16.7 Å². The molecule has 7 heteroatoms. The van der Waals surface area contributed by atoms with Gasteiger partial charge in [0.2, 0.25) is 5.90 Å². The number of hydrogen-bond acceptors (Lipinski definition) is 4. The molecule has 0 saturated carbocycles. The molecule has 0 saturated heterocycles. The van der Waals surface area contributed by atoms with Crippen molar-refractivity contribution < 1.29 is 14.3 Å². The number of aliphatic imine (C=N–C) groups is 1. The van der Waals surface area contributed by atoms with E-state index in [0.29, 0.717) is 28.0 Å². The van der Waals surface area contributed by atoms with Gasteiger partial charge in [-0.25, -0.2) is 9.79 Å².